The summed E-state index contributed by atoms with van der Waals surface area (Å²) >= 11 is -1.97. The van der Waals surface area contributed by atoms with Gasteiger partial charge < -0.3 is 0 Å². The Balaban J connectivity index is 3.01. The number of rotatable bonds is 7. The summed E-state index contributed by atoms with van der Waals surface area (Å²) in [4.78, 5) is 0. The number of hydrogen-bond acceptors (Lipinski definition) is 1. The summed E-state index contributed by atoms with van der Waals surface area (Å²) in [6.45, 7) is 15.7. The Morgan fingerprint density at radius 1 is 1.00 bits per heavy atom. The molecule has 1 rings (SSSR count). The molecule has 0 atom stereocenters. The van der Waals surface area contributed by atoms with E-state index in [0.717, 1.165) is 11.3 Å². The molecule has 0 saturated heterocycles. The minimum absolute atomic E-state index is 0.886. The second-order valence-electron chi connectivity index (χ2n) is 5.03. The molecule has 0 aliphatic carbocycles. The van der Waals surface area contributed by atoms with E-state index in [1.807, 2.05) is 12.1 Å². The molecule has 0 bridgehead atoms. The van der Waals surface area contributed by atoms with Gasteiger partial charge in [0.2, 0.25) is 0 Å². The molecule has 0 fully saturated rings. The van der Waals surface area contributed by atoms with Crippen molar-refractivity contribution < 1.29 is 4.74 Å². The van der Waals surface area contributed by atoms with Gasteiger partial charge >= 0.3 is 120 Å². The molecule has 0 heterocycles. The van der Waals surface area contributed by atoms with Gasteiger partial charge in [-0.25, -0.2) is 0 Å². The summed E-state index contributed by atoms with van der Waals surface area (Å²) in [5, 5.41) is 3.88. The van der Waals surface area contributed by atoms with Gasteiger partial charge in [0.1, 0.15) is 0 Å². The fraction of sp³-hybridized carbons (Fsp3) is 0.412. The fourth-order valence-corrected chi connectivity index (χ4v) is 10.2. The Morgan fingerprint density at radius 3 is 1.84 bits per heavy atom. The number of methoxy groups -OCH3 is 1. The zero-order valence-corrected chi connectivity index (χ0v) is 14.9. The topological polar surface area (TPSA) is 9.23 Å². The average Bonchev–Trinajstić information content (AvgIpc) is 2.48. The third-order valence-corrected chi connectivity index (χ3v) is 16.3. The van der Waals surface area contributed by atoms with Crippen LogP contribution in [-0.2, 0) is 0 Å². The average molecular weight is 319 g/mol. The number of allylic oxidation sites excluding steroid dienone is 2. The zero-order chi connectivity index (χ0) is 14.5. The maximum absolute atomic E-state index is 5.20. The number of ether oxygens (including phenoxy) is 1. The summed E-state index contributed by atoms with van der Waals surface area (Å²) < 4.78 is 6.56. The van der Waals surface area contributed by atoms with Crippen LogP contribution in [0.3, 0.4) is 0 Å². The molecule has 0 spiro atoms. The third-order valence-electron chi connectivity index (χ3n) is 4.47. The van der Waals surface area contributed by atoms with Crippen LogP contribution >= 0.6 is 0 Å². The number of hydrogen-bond donors (Lipinski definition) is 0. The molecule has 0 aliphatic rings. The van der Waals surface area contributed by atoms with Crippen LogP contribution in [0.2, 0.25) is 15.8 Å². The molecule has 0 aromatic heterocycles. The molecule has 0 amide bonds. The van der Waals surface area contributed by atoms with Crippen LogP contribution in [0.15, 0.2) is 41.8 Å². The van der Waals surface area contributed by atoms with Crippen molar-refractivity contribution in [3.63, 3.8) is 0 Å². The quantitative estimate of drug-likeness (QED) is 0.489. The van der Waals surface area contributed by atoms with Gasteiger partial charge in [-0.3, -0.25) is 0 Å². The first-order valence-corrected chi connectivity index (χ1v) is 12.6. The summed E-state index contributed by atoms with van der Waals surface area (Å²) in [6.07, 6.45) is 0. The molecule has 19 heavy (non-hydrogen) atoms. The Hall–Kier alpha value is -0.957. The summed E-state index contributed by atoms with van der Waals surface area (Å²) in [6, 6.07) is 8.15. The van der Waals surface area contributed by atoms with Crippen molar-refractivity contribution in [2.24, 2.45) is 0 Å². The molecule has 1 aromatic rings. The van der Waals surface area contributed by atoms with E-state index in [-0.39, 0.29) is 0 Å². The van der Waals surface area contributed by atoms with Gasteiger partial charge in [-0.1, -0.05) is 0 Å². The van der Waals surface area contributed by atoms with Crippen molar-refractivity contribution in [1.82, 2.24) is 0 Å². The van der Waals surface area contributed by atoms with E-state index in [0.29, 0.717) is 0 Å². The van der Waals surface area contributed by atoms with E-state index < -0.39 is 13.3 Å². The SMILES string of the molecule is C=C([C](=C)[Ge]([CH2]C)([CH2]C)[CH2]C)c1ccc(OC)cc1. The van der Waals surface area contributed by atoms with Crippen molar-refractivity contribution >= 4 is 18.8 Å². The fourth-order valence-electron chi connectivity index (χ4n) is 2.68. The Bertz CT molecular complexity index is 433. The van der Waals surface area contributed by atoms with Crippen molar-refractivity contribution in [2.45, 2.75) is 36.5 Å². The van der Waals surface area contributed by atoms with Crippen LogP contribution in [-0.4, -0.2) is 20.4 Å². The first-order valence-electron chi connectivity index (χ1n) is 7.07. The molecule has 0 aliphatic heterocycles. The molecular weight excluding hydrogens is 293 g/mol. The Kier molecular flexibility index (Phi) is 5.93. The molecule has 0 unspecified atom stereocenters. The predicted molar refractivity (Wildman–Crippen MR) is 88.4 cm³/mol. The van der Waals surface area contributed by atoms with Crippen LogP contribution in [0.5, 0.6) is 5.75 Å². The second kappa shape index (κ2) is 6.99. The van der Waals surface area contributed by atoms with E-state index in [1.54, 1.807) is 7.11 Å². The third kappa shape index (κ3) is 3.33. The van der Waals surface area contributed by atoms with Crippen LogP contribution in [0, 0.1) is 0 Å². The molecule has 0 radical (unpaired) electrons. The second-order valence-corrected chi connectivity index (χ2v) is 16.1. The molecule has 104 valence electrons. The molecule has 1 aromatic carbocycles. The zero-order valence-electron chi connectivity index (χ0n) is 12.8. The Labute approximate surface area is 120 Å². The van der Waals surface area contributed by atoms with E-state index in [1.165, 1.54) is 25.7 Å². The minimum atomic E-state index is -1.97. The van der Waals surface area contributed by atoms with Crippen LogP contribution in [0.1, 0.15) is 26.3 Å². The van der Waals surface area contributed by atoms with Gasteiger partial charge in [-0.05, 0) is 0 Å². The monoisotopic (exact) mass is 320 g/mol. The van der Waals surface area contributed by atoms with Gasteiger partial charge in [0.25, 0.3) is 0 Å². The normalized spacial score (nSPS) is 11.2. The maximum atomic E-state index is 5.20. The number of benzene rings is 1. The van der Waals surface area contributed by atoms with Crippen LogP contribution in [0.4, 0.5) is 0 Å². The molecule has 0 saturated carbocycles. The molecule has 1 nitrogen and oxygen atoms in total. The summed E-state index contributed by atoms with van der Waals surface area (Å²) in [5.74, 6) is 0.886. The van der Waals surface area contributed by atoms with Crippen LogP contribution < -0.4 is 4.74 Å². The summed E-state index contributed by atoms with van der Waals surface area (Å²) in [5.41, 5.74) is 2.31. The van der Waals surface area contributed by atoms with E-state index in [4.69, 9.17) is 4.74 Å². The molecule has 0 N–H and O–H groups in total. The van der Waals surface area contributed by atoms with Crippen LogP contribution in [0.25, 0.3) is 5.57 Å². The van der Waals surface area contributed by atoms with Gasteiger partial charge in [0, 0.05) is 0 Å². The van der Waals surface area contributed by atoms with Gasteiger partial charge in [-0.2, -0.15) is 0 Å². The van der Waals surface area contributed by atoms with Crippen molar-refractivity contribution in [2.75, 3.05) is 7.11 Å². The van der Waals surface area contributed by atoms with Crippen molar-refractivity contribution in [1.29, 1.82) is 0 Å². The van der Waals surface area contributed by atoms with Gasteiger partial charge in [0.05, 0.1) is 0 Å². The van der Waals surface area contributed by atoms with E-state index in [2.05, 4.69) is 46.1 Å². The molecular formula is C17H26GeO. The standard InChI is InChI=1S/C17H26GeO/c1-7-18(8-2,9-3)15(5)14(4)16-10-12-17(19-6)13-11-16/h10-13H,4-5,7-9H2,1-3,6H3. The first-order chi connectivity index (χ1) is 9.04. The van der Waals surface area contributed by atoms with Crippen molar-refractivity contribution in [3.05, 3.63) is 47.4 Å². The first kappa shape index (κ1) is 16.1. The molecule has 2 heteroatoms. The summed E-state index contributed by atoms with van der Waals surface area (Å²) in [7, 11) is 1.69. The Morgan fingerprint density at radius 2 is 1.47 bits per heavy atom. The predicted octanol–water partition coefficient (Wildman–Crippen LogP) is 5.31. The van der Waals surface area contributed by atoms with Gasteiger partial charge in [0.15, 0.2) is 0 Å². The van der Waals surface area contributed by atoms with Crippen molar-refractivity contribution in [3.8, 4) is 5.75 Å². The van der Waals surface area contributed by atoms with E-state index in [9.17, 15) is 0 Å². The van der Waals surface area contributed by atoms with Gasteiger partial charge in [-0.15, -0.1) is 0 Å². The van der Waals surface area contributed by atoms with E-state index >= 15 is 0 Å².